The first-order valence-corrected chi connectivity index (χ1v) is 7.83. The van der Waals surface area contributed by atoms with Gasteiger partial charge in [0, 0.05) is 19.3 Å². The lowest BCUT2D eigenvalue weighted by Crippen LogP contribution is -2.14. The zero-order valence-electron chi connectivity index (χ0n) is 11.4. The maximum atomic E-state index is 5.30. The van der Waals surface area contributed by atoms with Crippen LogP contribution in [0, 0.1) is 6.92 Å². The van der Waals surface area contributed by atoms with E-state index in [1.54, 1.807) is 7.11 Å². The summed E-state index contributed by atoms with van der Waals surface area (Å²) in [6.45, 7) is 3.61. The molecule has 0 spiro atoms. The summed E-state index contributed by atoms with van der Waals surface area (Å²) in [5.41, 5.74) is 3.47. The topological polar surface area (TPSA) is 34.1 Å². The fourth-order valence-electron chi connectivity index (χ4n) is 1.94. The highest BCUT2D eigenvalue weighted by Gasteiger charge is 2.07. The molecule has 0 aliphatic heterocycles. The summed E-state index contributed by atoms with van der Waals surface area (Å²) >= 11 is 7.02. The molecule has 0 amide bonds. The number of pyridine rings is 1. The first-order valence-electron chi connectivity index (χ1n) is 6.25. The van der Waals surface area contributed by atoms with E-state index in [1.165, 1.54) is 11.1 Å². The highest BCUT2D eigenvalue weighted by molar-refractivity contribution is 9.11. The Hall–Kier alpha value is -0.910. The van der Waals surface area contributed by atoms with E-state index >= 15 is 0 Å². The Kier molecular flexibility index (Phi) is 5.57. The molecular weight excluding hydrogens is 384 g/mol. The molecule has 0 unspecified atom stereocenters. The summed E-state index contributed by atoms with van der Waals surface area (Å²) in [5.74, 6) is 0.814. The van der Waals surface area contributed by atoms with Gasteiger partial charge in [0.05, 0.1) is 21.7 Å². The minimum atomic E-state index is 0.758. The van der Waals surface area contributed by atoms with Crippen molar-refractivity contribution >= 4 is 31.9 Å². The Morgan fingerprint density at radius 1 is 1.20 bits per heavy atom. The number of nitrogens with zero attached hydrogens (tertiary/aromatic N) is 1. The van der Waals surface area contributed by atoms with Crippen molar-refractivity contribution in [3.05, 3.63) is 56.2 Å². The van der Waals surface area contributed by atoms with Crippen LogP contribution in [0.5, 0.6) is 5.75 Å². The molecule has 1 N–H and O–H groups in total. The monoisotopic (exact) mass is 398 g/mol. The lowest BCUT2D eigenvalue weighted by Gasteiger charge is -2.10. The molecule has 3 nitrogen and oxygen atoms in total. The SMILES string of the molecule is COc1c(Br)cc(CNCc2ncccc2C)cc1Br. The molecule has 1 aromatic carbocycles. The molecule has 0 bridgehead atoms. The van der Waals surface area contributed by atoms with Crippen molar-refractivity contribution in [2.75, 3.05) is 7.11 Å². The van der Waals surface area contributed by atoms with Gasteiger partial charge in [0.2, 0.25) is 0 Å². The van der Waals surface area contributed by atoms with E-state index in [4.69, 9.17) is 4.74 Å². The molecule has 0 fully saturated rings. The van der Waals surface area contributed by atoms with Gasteiger partial charge in [-0.15, -0.1) is 0 Å². The van der Waals surface area contributed by atoms with E-state index in [9.17, 15) is 0 Å². The third-order valence-corrected chi connectivity index (χ3v) is 4.18. The predicted octanol–water partition coefficient (Wildman–Crippen LogP) is 4.21. The van der Waals surface area contributed by atoms with Crippen molar-refractivity contribution in [3.8, 4) is 5.75 Å². The van der Waals surface area contributed by atoms with Crippen LogP contribution < -0.4 is 10.1 Å². The molecule has 20 heavy (non-hydrogen) atoms. The molecule has 0 atom stereocenters. The summed E-state index contributed by atoms with van der Waals surface area (Å²) in [4.78, 5) is 4.37. The molecule has 0 saturated heterocycles. The van der Waals surface area contributed by atoms with E-state index < -0.39 is 0 Å². The number of methoxy groups -OCH3 is 1. The van der Waals surface area contributed by atoms with Gasteiger partial charge < -0.3 is 10.1 Å². The molecule has 2 rings (SSSR count). The summed E-state index contributed by atoms with van der Waals surface area (Å²) in [6, 6.07) is 8.14. The summed E-state index contributed by atoms with van der Waals surface area (Å²) in [7, 11) is 1.66. The molecule has 1 aromatic heterocycles. The average molecular weight is 400 g/mol. The number of benzene rings is 1. The van der Waals surface area contributed by atoms with E-state index in [0.29, 0.717) is 0 Å². The van der Waals surface area contributed by atoms with Crippen molar-refractivity contribution in [1.82, 2.24) is 10.3 Å². The second-order valence-corrected chi connectivity index (χ2v) is 6.17. The highest BCUT2D eigenvalue weighted by atomic mass is 79.9. The highest BCUT2D eigenvalue weighted by Crippen LogP contribution is 2.34. The molecule has 0 aliphatic carbocycles. The van der Waals surface area contributed by atoms with Gasteiger partial charge in [-0.25, -0.2) is 0 Å². The first-order chi connectivity index (χ1) is 9.61. The van der Waals surface area contributed by atoms with Crippen LogP contribution >= 0.6 is 31.9 Å². The fraction of sp³-hybridized carbons (Fsp3) is 0.267. The van der Waals surface area contributed by atoms with Crippen molar-refractivity contribution in [2.24, 2.45) is 0 Å². The fourth-order valence-corrected chi connectivity index (χ4v) is 3.54. The van der Waals surface area contributed by atoms with Crippen LogP contribution in [0.25, 0.3) is 0 Å². The number of nitrogens with one attached hydrogen (secondary N) is 1. The summed E-state index contributed by atoms with van der Waals surface area (Å²) in [5, 5.41) is 3.41. The van der Waals surface area contributed by atoms with Crippen LogP contribution in [0.4, 0.5) is 0 Å². The van der Waals surface area contributed by atoms with Gasteiger partial charge in [0.25, 0.3) is 0 Å². The largest absolute Gasteiger partial charge is 0.494 e. The van der Waals surface area contributed by atoms with Crippen LogP contribution in [0.1, 0.15) is 16.8 Å². The molecular formula is C15H16Br2N2O. The first kappa shape index (κ1) is 15.5. The van der Waals surface area contributed by atoms with E-state index in [2.05, 4.69) is 67.3 Å². The van der Waals surface area contributed by atoms with Crippen molar-refractivity contribution in [2.45, 2.75) is 20.0 Å². The van der Waals surface area contributed by atoms with Gasteiger partial charge in [0.1, 0.15) is 5.75 Å². The Bertz CT molecular complexity index is 579. The second kappa shape index (κ2) is 7.20. The van der Waals surface area contributed by atoms with Gasteiger partial charge in [-0.3, -0.25) is 4.98 Å². The molecule has 0 aliphatic rings. The van der Waals surface area contributed by atoms with E-state index in [1.807, 2.05) is 12.3 Å². The predicted molar refractivity (Wildman–Crippen MR) is 87.9 cm³/mol. The minimum Gasteiger partial charge on any atom is -0.494 e. The van der Waals surface area contributed by atoms with Crippen molar-refractivity contribution < 1.29 is 4.74 Å². The van der Waals surface area contributed by atoms with Crippen LogP contribution in [-0.2, 0) is 13.1 Å². The van der Waals surface area contributed by atoms with Gasteiger partial charge in [-0.1, -0.05) is 6.07 Å². The Morgan fingerprint density at radius 3 is 2.50 bits per heavy atom. The Morgan fingerprint density at radius 2 is 1.90 bits per heavy atom. The normalized spacial score (nSPS) is 10.6. The Balaban J connectivity index is 2.00. The molecule has 1 heterocycles. The maximum Gasteiger partial charge on any atom is 0.147 e. The van der Waals surface area contributed by atoms with Crippen molar-refractivity contribution in [3.63, 3.8) is 0 Å². The van der Waals surface area contributed by atoms with Gasteiger partial charge in [-0.2, -0.15) is 0 Å². The van der Waals surface area contributed by atoms with Gasteiger partial charge in [-0.05, 0) is 68.1 Å². The van der Waals surface area contributed by atoms with Gasteiger partial charge in [0.15, 0.2) is 0 Å². The average Bonchev–Trinajstić information content (AvgIpc) is 2.41. The quantitative estimate of drug-likeness (QED) is 0.817. The number of halogens is 2. The van der Waals surface area contributed by atoms with Crippen LogP contribution in [0.3, 0.4) is 0 Å². The standard InChI is InChI=1S/C15H16Br2N2O/c1-10-4-3-5-19-14(10)9-18-8-11-6-12(16)15(20-2)13(17)7-11/h3-7,18H,8-9H2,1-2H3. The molecule has 0 radical (unpaired) electrons. The molecule has 0 saturated carbocycles. The summed E-state index contributed by atoms with van der Waals surface area (Å²) in [6.07, 6.45) is 1.82. The molecule has 106 valence electrons. The summed E-state index contributed by atoms with van der Waals surface area (Å²) < 4.78 is 7.19. The number of hydrogen-bond donors (Lipinski definition) is 1. The smallest absolute Gasteiger partial charge is 0.147 e. The third-order valence-electron chi connectivity index (χ3n) is 3.00. The molecule has 2 aromatic rings. The maximum absolute atomic E-state index is 5.30. The van der Waals surface area contributed by atoms with Crippen LogP contribution in [-0.4, -0.2) is 12.1 Å². The van der Waals surface area contributed by atoms with E-state index in [0.717, 1.165) is 33.5 Å². The molecule has 5 heteroatoms. The number of ether oxygens (including phenoxy) is 1. The Labute approximate surface area is 136 Å². The third kappa shape index (κ3) is 3.81. The lowest BCUT2D eigenvalue weighted by atomic mass is 10.2. The zero-order chi connectivity index (χ0) is 14.5. The van der Waals surface area contributed by atoms with Crippen LogP contribution in [0.2, 0.25) is 0 Å². The number of rotatable bonds is 5. The number of aryl methyl sites for hydroxylation is 1. The number of aromatic nitrogens is 1. The van der Waals surface area contributed by atoms with Gasteiger partial charge >= 0.3 is 0 Å². The van der Waals surface area contributed by atoms with E-state index in [-0.39, 0.29) is 0 Å². The zero-order valence-corrected chi connectivity index (χ0v) is 14.6. The van der Waals surface area contributed by atoms with Crippen LogP contribution in [0.15, 0.2) is 39.4 Å². The second-order valence-electron chi connectivity index (χ2n) is 4.46. The minimum absolute atomic E-state index is 0.758. The van der Waals surface area contributed by atoms with Crippen molar-refractivity contribution in [1.29, 1.82) is 0 Å². The lowest BCUT2D eigenvalue weighted by molar-refractivity contribution is 0.409. The number of hydrogen-bond acceptors (Lipinski definition) is 3.